The molecule has 0 heterocycles. The Bertz CT molecular complexity index is 771. The van der Waals surface area contributed by atoms with Gasteiger partial charge in [0.1, 0.15) is 11.4 Å². The zero-order valence-corrected chi connectivity index (χ0v) is 13.5. The predicted molar refractivity (Wildman–Crippen MR) is 87.9 cm³/mol. The molecule has 0 saturated heterocycles. The van der Waals surface area contributed by atoms with E-state index in [2.05, 4.69) is 5.32 Å². The minimum atomic E-state index is -0.809. The molecule has 0 aromatic heterocycles. The van der Waals surface area contributed by atoms with Crippen LogP contribution < -0.4 is 15.0 Å². The lowest BCUT2D eigenvalue weighted by Gasteiger charge is -2.16. The summed E-state index contributed by atoms with van der Waals surface area (Å²) < 4.78 is 32.9. The lowest BCUT2D eigenvalue weighted by Crippen LogP contribution is -2.21. The second-order valence-corrected chi connectivity index (χ2v) is 5.27. The molecule has 0 saturated carbocycles. The molecule has 2 aromatic rings. The van der Waals surface area contributed by atoms with Gasteiger partial charge in [-0.2, -0.15) is 0 Å². The molecular formula is C16H15F2N3O4. The number of anilines is 2. The molecule has 25 heavy (non-hydrogen) atoms. The van der Waals surface area contributed by atoms with Crippen LogP contribution in [0.15, 0.2) is 36.4 Å². The average Bonchev–Trinajstić information content (AvgIpc) is 2.52. The smallest absolute Gasteiger partial charge is 0.269 e. The van der Waals surface area contributed by atoms with Gasteiger partial charge in [0.2, 0.25) is 0 Å². The Morgan fingerprint density at radius 3 is 2.24 bits per heavy atom. The Morgan fingerprint density at radius 1 is 1.20 bits per heavy atom. The monoisotopic (exact) mass is 351 g/mol. The minimum Gasteiger partial charge on any atom is -0.484 e. The van der Waals surface area contributed by atoms with E-state index in [1.54, 1.807) is 0 Å². The van der Waals surface area contributed by atoms with Crippen LogP contribution in [0, 0.1) is 21.7 Å². The van der Waals surface area contributed by atoms with Gasteiger partial charge in [-0.1, -0.05) is 0 Å². The topological polar surface area (TPSA) is 84.7 Å². The summed E-state index contributed by atoms with van der Waals surface area (Å²) in [4.78, 5) is 23.1. The molecule has 0 radical (unpaired) electrons. The molecule has 0 atom stereocenters. The Balaban J connectivity index is 1.97. The van der Waals surface area contributed by atoms with E-state index < -0.39 is 29.1 Å². The summed E-state index contributed by atoms with van der Waals surface area (Å²) in [6, 6.07) is 7.16. The van der Waals surface area contributed by atoms with Crippen molar-refractivity contribution >= 4 is 23.0 Å². The van der Waals surface area contributed by atoms with Crippen LogP contribution in [0.4, 0.5) is 25.8 Å². The third-order valence-corrected chi connectivity index (χ3v) is 3.17. The van der Waals surface area contributed by atoms with Gasteiger partial charge < -0.3 is 15.0 Å². The number of benzene rings is 2. The summed E-state index contributed by atoms with van der Waals surface area (Å²) in [7, 11) is 3.00. The van der Waals surface area contributed by atoms with Crippen molar-refractivity contribution in [2.45, 2.75) is 0 Å². The molecule has 1 amide bonds. The van der Waals surface area contributed by atoms with E-state index in [4.69, 9.17) is 4.74 Å². The van der Waals surface area contributed by atoms with E-state index in [9.17, 15) is 23.7 Å². The molecule has 7 nitrogen and oxygen atoms in total. The average molecular weight is 351 g/mol. The number of carbonyl (C=O) groups excluding carboxylic acids is 1. The normalized spacial score (nSPS) is 10.2. The Hall–Kier alpha value is -3.23. The summed E-state index contributed by atoms with van der Waals surface area (Å²) in [6.45, 7) is -0.420. The number of ether oxygens (including phenoxy) is 1. The highest BCUT2D eigenvalue weighted by atomic mass is 19.1. The van der Waals surface area contributed by atoms with E-state index in [0.717, 1.165) is 12.1 Å². The van der Waals surface area contributed by atoms with Gasteiger partial charge >= 0.3 is 0 Å². The fourth-order valence-corrected chi connectivity index (χ4v) is 2.07. The van der Waals surface area contributed by atoms with E-state index in [-0.39, 0.29) is 22.8 Å². The van der Waals surface area contributed by atoms with Crippen LogP contribution in [0.1, 0.15) is 0 Å². The van der Waals surface area contributed by atoms with Gasteiger partial charge in [0, 0.05) is 31.9 Å². The number of nitrogens with zero attached hydrogens (tertiary/aromatic N) is 2. The van der Waals surface area contributed by atoms with Crippen molar-refractivity contribution in [3.8, 4) is 5.75 Å². The fraction of sp³-hybridized carbons (Fsp3) is 0.188. The second kappa shape index (κ2) is 7.56. The number of nitrogens with one attached hydrogen (secondary N) is 1. The number of rotatable bonds is 6. The first-order chi connectivity index (χ1) is 11.8. The number of hydrogen-bond donors (Lipinski definition) is 1. The molecule has 0 aliphatic rings. The highest BCUT2D eigenvalue weighted by Gasteiger charge is 2.14. The molecule has 9 heteroatoms. The lowest BCUT2D eigenvalue weighted by molar-refractivity contribution is -0.384. The summed E-state index contributed by atoms with van der Waals surface area (Å²) >= 11 is 0. The number of amides is 1. The summed E-state index contributed by atoms with van der Waals surface area (Å²) in [6.07, 6.45) is 0. The van der Waals surface area contributed by atoms with Crippen LogP contribution in [-0.4, -0.2) is 31.5 Å². The van der Waals surface area contributed by atoms with Crippen molar-refractivity contribution in [3.05, 3.63) is 58.1 Å². The third-order valence-electron chi connectivity index (χ3n) is 3.17. The van der Waals surface area contributed by atoms with Gasteiger partial charge in [0.25, 0.3) is 11.6 Å². The number of non-ortho nitro benzene ring substituents is 1. The first-order valence-electron chi connectivity index (χ1n) is 7.11. The summed E-state index contributed by atoms with van der Waals surface area (Å²) in [5, 5.41) is 12.9. The van der Waals surface area contributed by atoms with Gasteiger partial charge in [-0.05, 0) is 24.3 Å². The van der Waals surface area contributed by atoms with Crippen molar-refractivity contribution in [1.29, 1.82) is 0 Å². The van der Waals surface area contributed by atoms with Crippen LogP contribution >= 0.6 is 0 Å². The van der Waals surface area contributed by atoms with Gasteiger partial charge in [-0.3, -0.25) is 14.9 Å². The van der Waals surface area contributed by atoms with Crippen molar-refractivity contribution in [2.75, 3.05) is 30.9 Å². The molecule has 0 unspecified atom stereocenters. The van der Waals surface area contributed by atoms with Crippen molar-refractivity contribution in [1.82, 2.24) is 0 Å². The van der Waals surface area contributed by atoms with E-state index in [1.807, 2.05) is 0 Å². The maximum Gasteiger partial charge on any atom is 0.269 e. The van der Waals surface area contributed by atoms with Crippen molar-refractivity contribution in [2.24, 2.45) is 0 Å². The van der Waals surface area contributed by atoms with Gasteiger partial charge in [-0.25, -0.2) is 8.78 Å². The summed E-state index contributed by atoms with van der Waals surface area (Å²) in [5.74, 6) is -2.00. The van der Waals surface area contributed by atoms with E-state index >= 15 is 0 Å². The van der Waals surface area contributed by atoms with Crippen molar-refractivity contribution < 1.29 is 23.2 Å². The number of halogens is 2. The van der Waals surface area contributed by atoms with Gasteiger partial charge in [0.15, 0.2) is 18.2 Å². The SMILES string of the molecule is CN(C)c1c(F)cc(NC(=O)COc2ccc([N+](=O)[O-])cc2)cc1F. The molecule has 0 fully saturated rings. The number of hydrogen-bond acceptors (Lipinski definition) is 5. The summed E-state index contributed by atoms with van der Waals surface area (Å²) in [5.41, 5.74) is -0.359. The Kier molecular flexibility index (Phi) is 5.48. The van der Waals surface area contributed by atoms with Crippen LogP contribution in [-0.2, 0) is 4.79 Å². The zero-order valence-electron chi connectivity index (χ0n) is 13.5. The Labute approximate surface area is 142 Å². The molecule has 0 aliphatic heterocycles. The second-order valence-electron chi connectivity index (χ2n) is 5.27. The highest BCUT2D eigenvalue weighted by molar-refractivity contribution is 5.92. The maximum absolute atomic E-state index is 13.8. The van der Waals surface area contributed by atoms with E-state index in [0.29, 0.717) is 0 Å². The standard InChI is InChI=1S/C16H15F2N3O4/c1-20(2)16-13(17)7-10(8-14(16)18)19-15(22)9-25-12-5-3-11(4-6-12)21(23)24/h3-8H,9H2,1-2H3,(H,19,22). The predicted octanol–water partition coefficient (Wildman–Crippen LogP) is 2.96. The fourth-order valence-electron chi connectivity index (χ4n) is 2.07. The molecule has 1 N–H and O–H groups in total. The molecule has 2 aromatic carbocycles. The molecular weight excluding hydrogens is 336 g/mol. The lowest BCUT2D eigenvalue weighted by atomic mass is 10.2. The van der Waals surface area contributed by atoms with Crippen molar-refractivity contribution in [3.63, 3.8) is 0 Å². The highest BCUT2D eigenvalue weighted by Crippen LogP contribution is 2.25. The largest absolute Gasteiger partial charge is 0.484 e. The maximum atomic E-state index is 13.8. The van der Waals surface area contributed by atoms with E-state index in [1.165, 1.54) is 43.3 Å². The number of nitro benzene ring substituents is 1. The molecule has 0 aliphatic carbocycles. The van der Waals surface area contributed by atoms with Gasteiger partial charge in [-0.15, -0.1) is 0 Å². The first-order valence-corrected chi connectivity index (χ1v) is 7.11. The van der Waals surface area contributed by atoms with Crippen LogP contribution in [0.5, 0.6) is 5.75 Å². The zero-order chi connectivity index (χ0) is 18.6. The molecule has 0 bridgehead atoms. The van der Waals surface area contributed by atoms with Crippen LogP contribution in [0.3, 0.4) is 0 Å². The van der Waals surface area contributed by atoms with Crippen LogP contribution in [0.2, 0.25) is 0 Å². The Morgan fingerprint density at radius 2 is 1.76 bits per heavy atom. The molecule has 132 valence electrons. The molecule has 2 rings (SSSR count). The quantitative estimate of drug-likeness (QED) is 0.639. The third kappa shape index (κ3) is 4.63. The minimum absolute atomic E-state index is 0.0436. The van der Waals surface area contributed by atoms with Gasteiger partial charge in [0.05, 0.1) is 4.92 Å². The number of nitro groups is 1. The first kappa shape index (κ1) is 18.1. The number of carbonyl (C=O) groups is 1. The van der Waals surface area contributed by atoms with Crippen LogP contribution in [0.25, 0.3) is 0 Å². The molecule has 0 spiro atoms.